The Morgan fingerprint density at radius 3 is 2.42 bits per heavy atom. The molecule has 6 nitrogen and oxygen atoms in total. The zero-order chi connectivity index (χ0) is 19.0. The lowest BCUT2D eigenvalue weighted by Gasteiger charge is -2.14. The van der Waals surface area contributed by atoms with Gasteiger partial charge in [0, 0.05) is 33.2 Å². The summed E-state index contributed by atoms with van der Waals surface area (Å²) in [5.41, 5.74) is 1.20. The van der Waals surface area contributed by atoms with Crippen molar-refractivity contribution >= 4 is 11.9 Å². The summed E-state index contributed by atoms with van der Waals surface area (Å²) in [7, 11) is 3.19. The molecule has 0 radical (unpaired) electrons. The summed E-state index contributed by atoms with van der Waals surface area (Å²) < 4.78 is 10.5. The maximum Gasteiger partial charge on any atom is 0.305 e. The van der Waals surface area contributed by atoms with Crippen molar-refractivity contribution in [3.63, 3.8) is 0 Å². The van der Waals surface area contributed by atoms with Crippen LogP contribution in [-0.4, -0.2) is 45.8 Å². The number of hydrogen-bond donors (Lipinski definition) is 2. The molecule has 0 heterocycles. The molecule has 0 spiro atoms. The highest BCUT2D eigenvalue weighted by atomic mass is 16.5. The number of guanidine groups is 1. The number of methoxy groups -OCH3 is 1. The fourth-order valence-corrected chi connectivity index (χ4v) is 2.46. The fourth-order valence-electron chi connectivity index (χ4n) is 2.46. The molecule has 0 bridgehead atoms. The number of carbonyl (C=O) groups excluding carboxylic acids is 1. The maximum absolute atomic E-state index is 11.0. The monoisotopic (exact) mass is 363 g/mol. The third-order valence-corrected chi connectivity index (χ3v) is 4.05. The van der Waals surface area contributed by atoms with Crippen LogP contribution in [0, 0.1) is 0 Å². The van der Waals surface area contributed by atoms with Crippen LogP contribution in [0.3, 0.4) is 0 Å². The standard InChI is InChI=1S/C20H33N3O3/c1-17(18-11-6-4-7-12-18)26-16-10-15-23-20(21-2)22-14-9-5-8-13-19(24)25-3/h4,6-7,11-12,17H,5,8-10,13-16H2,1-3H3,(H2,21,22,23). The van der Waals surface area contributed by atoms with Gasteiger partial charge in [-0.1, -0.05) is 36.8 Å². The maximum atomic E-state index is 11.0. The molecule has 6 heteroatoms. The van der Waals surface area contributed by atoms with Gasteiger partial charge in [-0.3, -0.25) is 9.79 Å². The van der Waals surface area contributed by atoms with E-state index in [0.29, 0.717) is 13.0 Å². The van der Waals surface area contributed by atoms with E-state index in [-0.39, 0.29) is 12.1 Å². The molecular weight excluding hydrogens is 330 g/mol. The summed E-state index contributed by atoms with van der Waals surface area (Å²) in [5.74, 6) is 0.660. The number of unbranched alkanes of at least 4 members (excludes halogenated alkanes) is 2. The molecule has 0 saturated carbocycles. The number of carbonyl (C=O) groups is 1. The number of ether oxygens (including phenoxy) is 2. The number of benzene rings is 1. The summed E-state index contributed by atoms with van der Waals surface area (Å²) in [6.45, 7) is 4.42. The minimum atomic E-state index is -0.140. The van der Waals surface area contributed by atoms with Gasteiger partial charge in [-0.15, -0.1) is 0 Å². The Bertz CT molecular complexity index is 520. The number of nitrogens with one attached hydrogen (secondary N) is 2. The summed E-state index contributed by atoms with van der Waals surface area (Å²) in [4.78, 5) is 15.2. The van der Waals surface area contributed by atoms with Crippen molar-refractivity contribution in [1.82, 2.24) is 10.6 Å². The average molecular weight is 364 g/mol. The van der Waals surface area contributed by atoms with E-state index in [2.05, 4.69) is 39.4 Å². The van der Waals surface area contributed by atoms with Gasteiger partial charge < -0.3 is 20.1 Å². The van der Waals surface area contributed by atoms with Crippen molar-refractivity contribution in [2.24, 2.45) is 4.99 Å². The van der Waals surface area contributed by atoms with Crippen LogP contribution in [0.5, 0.6) is 0 Å². The second-order valence-electron chi connectivity index (χ2n) is 6.09. The highest BCUT2D eigenvalue weighted by Gasteiger charge is 2.04. The molecule has 0 aromatic heterocycles. The van der Waals surface area contributed by atoms with Crippen molar-refractivity contribution in [2.45, 2.75) is 45.1 Å². The van der Waals surface area contributed by atoms with Crippen molar-refractivity contribution in [3.8, 4) is 0 Å². The van der Waals surface area contributed by atoms with Gasteiger partial charge in [-0.05, 0) is 31.7 Å². The Morgan fingerprint density at radius 2 is 1.77 bits per heavy atom. The lowest BCUT2D eigenvalue weighted by molar-refractivity contribution is -0.140. The number of aliphatic imine (C=N–C) groups is 1. The summed E-state index contributed by atoms with van der Waals surface area (Å²) in [6, 6.07) is 10.2. The fraction of sp³-hybridized carbons (Fsp3) is 0.600. The minimum absolute atomic E-state index is 0.110. The predicted octanol–water partition coefficient (Wildman–Crippen LogP) is 3.05. The molecule has 0 aliphatic heterocycles. The molecule has 1 aromatic carbocycles. The summed E-state index contributed by atoms with van der Waals surface area (Å²) in [6.07, 6.45) is 4.36. The Labute approximate surface area is 157 Å². The SMILES string of the molecule is CN=C(NCCCCCC(=O)OC)NCCCOC(C)c1ccccc1. The van der Waals surface area contributed by atoms with E-state index in [1.54, 1.807) is 7.05 Å². The van der Waals surface area contributed by atoms with Crippen LogP contribution in [0.1, 0.15) is 50.7 Å². The molecule has 146 valence electrons. The zero-order valence-corrected chi connectivity index (χ0v) is 16.3. The number of rotatable bonds is 12. The second kappa shape index (κ2) is 14.1. The van der Waals surface area contributed by atoms with E-state index in [1.807, 2.05) is 18.2 Å². The topological polar surface area (TPSA) is 72.0 Å². The second-order valence-corrected chi connectivity index (χ2v) is 6.09. The van der Waals surface area contributed by atoms with Crippen LogP contribution in [0.15, 0.2) is 35.3 Å². The molecule has 1 aromatic rings. The first-order valence-electron chi connectivity index (χ1n) is 9.35. The highest BCUT2D eigenvalue weighted by molar-refractivity contribution is 5.79. The first-order valence-corrected chi connectivity index (χ1v) is 9.35. The number of nitrogens with zero attached hydrogens (tertiary/aromatic N) is 1. The van der Waals surface area contributed by atoms with Gasteiger partial charge in [0.2, 0.25) is 0 Å². The molecule has 1 unspecified atom stereocenters. The average Bonchev–Trinajstić information content (AvgIpc) is 2.68. The molecule has 0 aliphatic rings. The molecule has 0 fully saturated rings. The van der Waals surface area contributed by atoms with E-state index in [1.165, 1.54) is 12.7 Å². The number of esters is 1. The molecular formula is C20H33N3O3. The van der Waals surface area contributed by atoms with Crippen LogP contribution in [0.4, 0.5) is 0 Å². The third-order valence-electron chi connectivity index (χ3n) is 4.05. The van der Waals surface area contributed by atoms with Crippen molar-refractivity contribution in [3.05, 3.63) is 35.9 Å². The molecule has 1 atom stereocenters. The Morgan fingerprint density at radius 1 is 1.08 bits per heavy atom. The van der Waals surface area contributed by atoms with E-state index >= 15 is 0 Å². The molecule has 26 heavy (non-hydrogen) atoms. The van der Waals surface area contributed by atoms with Crippen molar-refractivity contribution < 1.29 is 14.3 Å². The lowest BCUT2D eigenvalue weighted by atomic mass is 10.1. The molecule has 0 amide bonds. The van der Waals surface area contributed by atoms with E-state index in [4.69, 9.17) is 4.74 Å². The minimum Gasteiger partial charge on any atom is -0.469 e. The lowest BCUT2D eigenvalue weighted by Crippen LogP contribution is -2.38. The van der Waals surface area contributed by atoms with Crippen LogP contribution in [0.25, 0.3) is 0 Å². The van der Waals surface area contributed by atoms with Crippen molar-refractivity contribution in [1.29, 1.82) is 0 Å². The highest BCUT2D eigenvalue weighted by Crippen LogP contribution is 2.15. The summed E-state index contributed by atoms with van der Waals surface area (Å²) >= 11 is 0. The molecule has 1 rings (SSSR count). The Kier molecular flexibility index (Phi) is 11.9. The van der Waals surface area contributed by atoms with Crippen LogP contribution in [0.2, 0.25) is 0 Å². The quantitative estimate of drug-likeness (QED) is 0.258. The largest absolute Gasteiger partial charge is 0.469 e. The number of hydrogen-bond acceptors (Lipinski definition) is 4. The first kappa shape index (κ1) is 22.0. The Hall–Kier alpha value is -2.08. The van der Waals surface area contributed by atoms with Crippen LogP contribution < -0.4 is 10.6 Å². The van der Waals surface area contributed by atoms with Crippen LogP contribution in [-0.2, 0) is 14.3 Å². The van der Waals surface area contributed by atoms with Gasteiger partial charge in [0.1, 0.15) is 0 Å². The summed E-state index contributed by atoms with van der Waals surface area (Å²) in [5, 5.41) is 6.56. The zero-order valence-electron chi connectivity index (χ0n) is 16.3. The smallest absolute Gasteiger partial charge is 0.305 e. The predicted molar refractivity (Wildman–Crippen MR) is 105 cm³/mol. The van der Waals surface area contributed by atoms with Crippen LogP contribution >= 0.6 is 0 Å². The van der Waals surface area contributed by atoms with Gasteiger partial charge in [0.05, 0.1) is 13.2 Å². The third kappa shape index (κ3) is 10.0. The van der Waals surface area contributed by atoms with E-state index in [9.17, 15) is 4.79 Å². The van der Waals surface area contributed by atoms with Gasteiger partial charge in [-0.2, -0.15) is 0 Å². The molecule has 0 aliphatic carbocycles. The molecule has 0 saturated heterocycles. The molecule has 2 N–H and O–H groups in total. The van der Waals surface area contributed by atoms with E-state index < -0.39 is 0 Å². The first-order chi connectivity index (χ1) is 12.7. The van der Waals surface area contributed by atoms with Gasteiger partial charge >= 0.3 is 5.97 Å². The van der Waals surface area contributed by atoms with Gasteiger partial charge in [0.25, 0.3) is 0 Å². The Balaban J connectivity index is 2.03. The normalized spacial score (nSPS) is 12.5. The van der Waals surface area contributed by atoms with Crippen molar-refractivity contribution in [2.75, 3.05) is 33.9 Å². The van der Waals surface area contributed by atoms with Gasteiger partial charge in [0.15, 0.2) is 5.96 Å². The van der Waals surface area contributed by atoms with Gasteiger partial charge in [-0.25, -0.2) is 0 Å². The van der Waals surface area contributed by atoms with E-state index in [0.717, 1.165) is 44.7 Å².